The van der Waals surface area contributed by atoms with E-state index >= 15 is 0 Å². The van der Waals surface area contributed by atoms with Crippen molar-refractivity contribution in [2.45, 2.75) is 128 Å². The number of allylic oxidation sites excluding steroid dienone is 2. The van der Waals surface area contributed by atoms with Crippen LogP contribution in [0.2, 0.25) is 0 Å². The Bertz CT molecular complexity index is 785. The molecule has 2 unspecified atom stereocenters. The van der Waals surface area contributed by atoms with Crippen LogP contribution < -0.4 is 0 Å². The largest absolute Gasteiger partial charge is 0.481 e. The molecule has 4 rings (SSSR count). The first kappa shape index (κ1) is 30.7. The summed E-state index contributed by atoms with van der Waals surface area (Å²) in [5, 5.41) is 20.3. The van der Waals surface area contributed by atoms with Gasteiger partial charge in [-0.2, -0.15) is 0 Å². The highest BCUT2D eigenvalue weighted by Gasteiger charge is 2.43. The van der Waals surface area contributed by atoms with Gasteiger partial charge >= 0.3 is 5.97 Å². The standard InChI is InChI=1S/C32H52O7/c1-3-4-11-22(2)28(38-30-14-7-9-18-36-30)17-16-25-24(13-6-5-12-23-20-26(23)32(34)35)27(33)21-29(25)39-31-15-8-10-19-37-31/h5-6,16-17,22-31,33H,3-4,7-15,18-21H2,1-2H3,(H,34,35)/t22-,23-,24-,25-,26-,27+,28-,29-,30?,31?/m1/s1. The van der Waals surface area contributed by atoms with E-state index in [1.807, 2.05) is 0 Å². The van der Waals surface area contributed by atoms with Crippen LogP contribution in [0.3, 0.4) is 0 Å². The molecule has 2 aliphatic heterocycles. The van der Waals surface area contributed by atoms with Crippen LogP contribution >= 0.6 is 0 Å². The van der Waals surface area contributed by atoms with Crippen molar-refractivity contribution in [1.29, 1.82) is 0 Å². The lowest BCUT2D eigenvalue weighted by Crippen LogP contribution is -2.32. The fourth-order valence-corrected chi connectivity index (χ4v) is 6.47. The first-order chi connectivity index (χ1) is 19.0. The molecule has 4 fully saturated rings. The molecular formula is C32H52O7. The Labute approximate surface area is 235 Å². The molecule has 0 spiro atoms. The van der Waals surface area contributed by atoms with Gasteiger partial charge in [0.2, 0.25) is 0 Å². The average molecular weight is 549 g/mol. The van der Waals surface area contributed by atoms with Crippen molar-refractivity contribution in [3.8, 4) is 0 Å². The zero-order valence-corrected chi connectivity index (χ0v) is 24.1. The first-order valence-electron chi connectivity index (χ1n) is 15.7. The summed E-state index contributed by atoms with van der Waals surface area (Å²) >= 11 is 0. The van der Waals surface area contributed by atoms with Crippen molar-refractivity contribution in [2.24, 2.45) is 29.6 Å². The Hall–Kier alpha value is -1.25. The predicted octanol–water partition coefficient (Wildman–Crippen LogP) is 6.25. The summed E-state index contributed by atoms with van der Waals surface area (Å²) in [6.45, 7) is 5.99. The predicted molar refractivity (Wildman–Crippen MR) is 150 cm³/mol. The SMILES string of the molecule is CCCC[C@@H](C)[C@@H](C=C[C@@H]1[C@@H](CC=CC[C@@H]2C[C@H]2C(=O)O)[C@@H](O)C[C@H]1OC1CCCCO1)OC1CCCCO1. The maximum atomic E-state index is 11.2. The van der Waals surface area contributed by atoms with Gasteiger partial charge in [-0.3, -0.25) is 4.79 Å². The summed E-state index contributed by atoms with van der Waals surface area (Å²) < 4.78 is 24.8. The molecule has 2 saturated carbocycles. The van der Waals surface area contributed by atoms with Gasteiger partial charge in [0.15, 0.2) is 12.6 Å². The van der Waals surface area contributed by atoms with Crippen LogP contribution in [0.5, 0.6) is 0 Å². The Balaban J connectivity index is 1.44. The zero-order chi connectivity index (χ0) is 27.6. The van der Waals surface area contributed by atoms with Gasteiger partial charge in [0.25, 0.3) is 0 Å². The van der Waals surface area contributed by atoms with Crippen molar-refractivity contribution >= 4 is 5.97 Å². The van der Waals surface area contributed by atoms with E-state index in [2.05, 4.69) is 38.2 Å². The number of carboxylic acids is 1. The maximum absolute atomic E-state index is 11.2. The fraction of sp³-hybridized carbons (Fsp3) is 0.844. The van der Waals surface area contributed by atoms with Crippen LogP contribution in [0.25, 0.3) is 0 Å². The van der Waals surface area contributed by atoms with Crippen molar-refractivity contribution < 1.29 is 34.0 Å². The molecular weight excluding hydrogens is 496 g/mol. The van der Waals surface area contributed by atoms with Gasteiger partial charge in [-0.05, 0) is 82.0 Å². The minimum Gasteiger partial charge on any atom is -0.481 e. The molecule has 2 N–H and O–H groups in total. The van der Waals surface area contributed by atoms with Crippen molar-refractivity contribution in [3.63, 3.8) is 0 Å². The third-order valence-electron chi connectivity index (χ3n) is 9.15. The minimum absolute atomic E-state index is 0.0389. The van der Waals surface area contributed by atoms with Crippen LogP contribution in [-0.2, 0) is 23.7 Å². The summed E-state index contributed by atoms with van der Waals surface area (Å²) in [5.74, 6) is -0.142. The van der Waals surface area contributed by atoms with Gasteiger partial charge in [0.1, 0.15) is 0 Å². The van der Waals surface area contributed by atoms with E-state index in [-0.39, 0.29) is 48.5 Å². The van der Waals surface area contributed by atoms with Gasteiger partial charge in [-0.15, -0.1) is 0 Å². The Morgan fingerprint density at radius 1 is 1.03 bits per heavy atom. The Morgan fingerprint density at radius 3 is 2.38 bits per heavy atom. The number of ether oxygens (including phenoxy) is 4. The molecule has 0 aromatic carbocycles. The second-order valence-corrected chi connectivity index (χ2v) is 12.3. The van der Waals surface area contributed by atoms with E-state index in [0.29, 0.717) is 12.3 Å². The Morgan fingerprint density at radius 2 is 1.74 bits per heavy atom. The highest BCUT2D eigenvalue weighted by Crippen LogP contribution is 2.42. The van der Waals surface area contributed by atoms with Gasteiger partial charge in [0, 0.05) is 25.6 Å². The van der Waals surface area contributed by atoms with E-state index in [9.17, 15) is 15.0 Å². The molecule has 0 aromatic rings. The van der Waals surface area contributed by atoms with Crippen LogP contribution in [-0.4, -0.2) is 60.3 Å². The van der Waals surface area contributed by atoms with E-state index in [1.165, 1.54) is 6.42 Å². The molecule has 0 amide bonds. The second kappa shape index (κ2) is 15.7. The van der Waals surface area contributed by atoms with Crippen molar-refractivity contribution in [2.75, 3.05) is 13.2 Å². The lowest BCUT2D eigenvalue weighted by molar-refractivity contribution is -0.193. The molecule has 0 aromatic heterocycles. The third kappa shape index (κ3) is 9.39. The van der Waals surface area contributed by atoms with E-state index in [1.54, 1.807) is 0 Å². The van der Waals surface area contributed by atoms with Crippen LogP contribution in [0.15, 0.2) is 24.3 Å². The fourth-order valence-electron chi connectivity index (χ4n) is 6.47. The lowest BCUT2D eigenvalue weighted by Gasteiger charge is -2.31. The first-order valence-corrected chi connectivity index (χ1v) is 15.7. The normalized spacial score (nSPS) is 36.9. The van der Waals surface area contributed by atoms with Crippen molar-refractivity contribution in [1.82, 2.24) is 0 Å². The molecule has 2 heterocycles. The number of rotatable bonds is 15. The lowest BCUT2D eigenvalue weighted by atomic mass is 9.88. The topological polar surface area (TPSA) is 94.5 Å². The monoisotopic (exact) mass is 548 g/mol. The van der Waals surface area contributed by atoms with Gasteiger partial charge in [-0.1, -0.05) is 51.0 Å². The van der Waals surface area contributed by atoms with Crippen LogP contribution in [0, 0.1) is 29.6 Å². The smallest absolute Gasteiger partial charge is 0.306 e. The summed E-state index contributed by atoms with van der Waals surface area (Å²) in [6.07, 6.45) is 20.4. The highest BCUT2D eigenvalue weighted by atomic mass is 16.7. The average Bonchev–Trinajstić information content (AvgIpc) is 3.67. The molecule has 222 valence electrons. The van der Waals surface area contributed by atoms with E-state index < -0.39 is 12.1 Å². The van der Waals surface area contributed by atoms with Gasteiger partial charge in [0.05, 0.1) is 24.2 Å². The molecule has 10 atom stereocenters. The molecule has 2 saturated heterocycles. The van der Waals surface area contributed by atoms with E-state index in [4.69, 9.17) is 18.9 Å². The molecule has 7 nitrogen and oxygen atoms in total. The highest BCUT2D eigenvalue weighted by molar-refractivity contribution is 5.73. The number of hydrogen-bond donors (Lipinski definition) is 2. The number of aliphatic carboxylic acids is 1. The Kier molecular flexibility index (Phi) is 12.3. The maximum Gasteiger partial charge on any atom is 0.306 e. The van der Waals surface area contributed by atoms with E-state index in [0.717, 1.165) is 83.8 Å². The summed E-state index contributed by atoms with van der Waals surface area (Å²) in [7, 11) is 0. The molecule has 4 aliphatic rings. The molecule has 7 heteroatoms. The number of aliphatic hydroxyl groups is 1. The quantitative estimate of drug-likeness (QED) is 0.234. The van der Waals surface area contributed by atoms with Crippen LogP contribution in [0.1, 0.15) is 97.3 Å². The number of aliphatic hydroxyl groups excluding tert-OH is 1. The summed E-state index contributed by atoms with van der Waals surface area (Å²) in [4.78, 5) is 11.2. The minimum atomic E-state index is -0.682. The second-order valence-electron chi connectivity index (χ2n) is 12.3. The number of hydrogen-bond acceptors (Lipinski definition) is 6. The summed E-state index contributed by atoms with van der Waals surface area (Å²) in [5.41, 5.74) is 0. The van der Waals surface area contributed by atoms with Crippen molar-refractivity contribution in [3.05, 3.63) is 24.3 Å². The van der Waals surface area contributed by atoms with Gasteiger partial charge < -0.3 is 29.2 Å². The zero-order valence-electron chi connectivity index (χ0n) is 24.1. The summed E-state index contributed by atoms with van der Waals surface area (Å²) in [6, 6.07) is 0. The molecule has 0 bridgehead atoms. The van der Waals surface area contributed by atoms with Gasteiger partial charge in [-0.25, -0.2) is 0 Å². The van der Waals surface area contributed by atoms with Crippen LogP contribution in [0.4, 0.5) is 0 Å². The molecule has 39 heavy (non-hydrogen) atoms. The third-order valence-corrected chi connectivity index (χ3v) is 9.15. The number of carboxylic acid groups (broad SMARTS) is 1. The number of carbonyl (C=O) groups is 1. The molecule has 2 aliphatic carbocycles. The molecule has 0 radical (unpaired) electrons. The number of unbranched alkanes of at least 4 members (excludes halogenated alkanes) is 1.